The number of benzene rings is 2. The minimum absolute atomic E-state index is 0.221. The number of amides is 1. The minimum atomic E-state index is -0.333. The predicted octanol–water partition coefficient (Wildman–Crippen LogP) is 4.93. The van der Waals surface area contributed by atoms with Crippen LogP contribution in [0.2, 0.25) is 0 Å². The molecule has 1 amide bonds. The molecule has 30 heavy (non-hydrogen) atoms. The van der Waals surface area contributed by atoms with Gasteiger partial charge in [-0.3, -0.25) is 4.79 Å². The van der Waals surface area contributed by atoms with Crippen LogP contribution < -0.4 is 15.8 Å². The first-order valence-electron chi connectivity index (χ1n) is 9.33. The summed E-state index contributed by atoms with van der Waals surface area (Å²) in [7, 11) is 1.62. The van der Waals surface area contributed by atoms with Crippen molar-refractivity contribution in [2.45, 2.75) is 13.5 Å². The smallest absolute Gasteiger partial charge is 0.263 e. The van der Waals surface area contributed by atoms with Gasteiger partial charge in [-0.15, -0.1) is 11.3 Å². The average Bonchev–Trinajstić information content (AvgIpc) is 3.10. The number of ether oxygens (including phenoxy) is 1. The molecular formula is C23H20FN3O2S. The van der Waals surface area contributed by atoms with E-state index >= 15 is 0 Å². The summed E-state index contributed by atoms with van der Waals surface area (Å²) in [6.45, 7) is 2.09. The number of rotatable bonds is 5. The highest BCUT2D eigenvalue weighted by molar-refractivity contribution is 7.21. The number of carbonyl (C=O) groups excluding carboxylic acids is 1. The molecule has 7 heteroatoms. The van der Waals surface area contributed by atoms with Gasteiger partial charge in [0.1, 0.15) is 21.3 Å². The summed E-state index contributed by atoms with van der Waals surface area (Å²) in [5.74, 6) is 0.107. The largest absolute Gasteiger partial charge is 0.497 e. The predicted molar refractivity (Wildman–Crippen MR) is 118 cm³/mol. The maximum absolute atomic E-state index is 13.5. The monoisotopic (exact) mass is 421 g/mol. The summed E-state index contributed by atoms with van der Waals surface area (Å²) in [6.07, 6.45) is 0. The van der Waals surface area contributed by atoms with Gasteiger partial charge in [0.15, 0.2) is 0 Å². The van der Waals surface area contributed by atoms with Gasteiger partial charge in [0.25, 0.3) is 5.91 Å². The average molecular weight is 421 g/mol. The van der Waals surface area contributed by atoms with Gasteiger partial charge >= 0.3 is 0 Å². The molecule has 3 N–H and O–H groups in total. The summed E-state index contributed by atoms with van der Waals surface area (Å²) in [6, 6.07) is 15.9. The van der Waals surface area contributed by atoms with Gasteiger partial charge in [-0.2, -0.15) is 0 Å². The van der Waals surface area contributed by atoms with Gasteiger partial charge in [-0.1, -0.05) is 18.2 Å². The second-order valence-corrected chi connectivity index (χ2v) is 7.88. The highest BCUT2D eigenvalue weighted by atomic mass is 32.1. The van der Waals surface area contributed by atoms with Crippen molar-refractivity contribution in [2.75, 3.05) is 12.8 Å². The number of halogens is 1. The van der Waals surface area contributed by atoms with E-state index < -0.39 is 0 Å². The summed E-state index contributed by atoms with van der Waals surface area (Å²) in [4.78, 5) is 18.5. The topological polar surface area (TPSA) is 77.2 Å². The van der Waals surface area contributed by atoms with Crippen molar-refractivity contribution in [3.8, 4) is 17.0 Å². The first kappa shape index (κ1) is 19.8. The van der Waals surface area contributed by atoms with Crippen LogP contribution in [-0.4, -0.2) is 18.0 Å². The Kier molecular flexibility index (Phi) is 5.37. The molecule has 0 aliphatic rings. The normalized spacial score (nSPS) is 10.9. The van der Waals surface area contributed by atoms with Gasteiger partial charge in [-0.05, 0) is 54.4 Å². The maximum atomic E-state index is 13.5. The van der Waals surface area contributed by atoms with Gasteiger partial charge in [0.2, 0.25) is 0 Å². The molecule has 4 rings (SSSR count). The van der Waals surface area contributed by atoms with E-state index in [0.717, 1.165) is 33.5 Å². The molecule has 152 valence electrons. The molecule has 0 radical (unpaired) electrons. The Bertz CT molecular complexity index is 1250. The summed E-state index contributed by atoms with van der Waals surface area (Å²) in [5.41, 5.74) is 9.94. The Morgan fingerprint density at radius 3 is 2.83 bits per heavy atom. The van der Waals surface area contributed by atoms with Crippen LogP contribution >= 0.6 is 11.3 Å². The molecule has 0 spiro atoms. The highest BCUT2D eigenvalue weighted by Gasteiger charge is 2.18. The van der Waals surface area contributed by atoms with E-state index in [9.17, 15) is 9.18 Å². The number of carbonyl (C=O) groups is 1. The Hall–Kier alpha value is -3.45. The first-order chi connectivity index (χ1) is 14.5. The fourth-order valence-corrected chi connectivity index (χ4v) is 4.21. The lowest BCUT2D eigenvalue weighted by Crippen LogP contribution is -2.23. The Balaban J connectivity index is 1.60. The highest BCUT2D eigenvalue weighted by Crippen LogP contribution is 2.34. The van der Waals surface area contributed by atoms with Crippen molar-refractivity contribution < 1.29 is 13.9 Å². The molecule has 0 aliphatic carbocycles. The fourth-order valence-electron chi connectivity index (χ4n) is 3.20. The molecule has 2 aromatic heterocycles. The zero-order valence-electron chi connectivity index (χ0n) is 16.5. The van der Waals surface area contributed by atoms with Gasteiger partial charge in [0, 0.05) is 17.5 Å². The number of hydrogen-bond donors (Lipinski definition) is 2. The zero-order chi connectivity index (χ0) is 21.3. The van der Waals surface area contributed by atoms with E-state index in [1.807, 2.05) is 43.3 Å². The third-order valence-electron chi connectivity index (χ3n) is 4.92. The Morgan fingerprint density at radius 2 is 2.03 bits per heavy atom. The van der Waals surface area contributed by atoms with Crippen LogP contribution in [0.5, 0.6) is 5.75 Å². The van der Waals surface area contributed by atoms with Crippen LogP contribution in [0, 0.1) is 12.7 Å². The molecule has 0 bridgehead atoms. The maximum Gasteiger partial charge on any atom is 0.263 e. The zero-order valence-corrected chi connectivity index (χ0v) is 17.3. The van der Waals surface area contributed by atoms with E-state index in [4.69, 9.17) is 10.5 Å². The molecule has 0 saturated heterocycles. The molecular weight excluding hydrogens is 401 g/mol. The summed E-state index contributed by atoms with van der Waals surface area (Å²) >= 11 is 1.24. The quantitative estimate of drug-likeness (QED) is 0.479. The van der Waals surface area contributed by atoms with Gasteiger partial charge < -0.3 is 15.8 Å². The third-order valence-corrected chi connectivity index (χ3v) is 6.03. The molecule has 0 saturated carbocycles. The number of hydrogen-bond acceptors (Lipinski definition) is 5. The molecule has 0 fully saturated rings. The fraction of sp³-hybridized carbons (Fsp3) is 0.130. The van der Waals surface area contributed by atoms with Crippen molar-refractivity contribution in [1.82, 2.24) is 10.3 Å². The van der Waals surface area contributed by atoms with Gasteiger partial charge in [0.05, 0.1) is 18.5 Å². The standard InChI is InChI=1S/C23H20FN3O2S/c1-13-6-7-16(24)10-15(13)12-26-22(28)21-20(25)18-8-9-19(27-23(18)30-21)14-4-3-5-17(11-14)29-2/h3-11H,12,25H2,1-2H3,(H,26,28). The number of fused-ring (bicyclic) bond motifs is 1. The number of nitrogen functional groups attached to an aromatic ring is 1. The Labute approximate surface area is 177 Å². The molecule has 4 aromatic rings. The number of aromatic nitrogens is 1. The number of nitrogens with two attached hydrogens (primary N) is 1. The second kappa shape index (κ2) is 8.12. The van der Waals surface area contributed by atoms with E-state index in [2.05, 4.69) is 10.3 Å². The van der Waals surface area contributed by atoms with Crippen LogP contribution in [0.4, 0.5) is 10.1 Å². The van der Waals surface area contributed by atoms with E-state index in [-0.39, 0.29) is 18.3 Å². The number of pyridine rings is 1. The van der Waals surface area contributed by atoms with Crippen LogP contribution in [0.25, 0.3) is 21.5 Å². The number of nitrogens with zero attached hydrogens (tertiary/aromatic N) is 1. The van der Waals surface area contributed by atoms with E-state index in [1.165, 1.54) is 23.5 Å². The molecule has 0 atom stereocenters. The van der Waals surface area contributed by atoms with Crippen molar-refractivity contribution in [3.05, 3.63) is 76.4 Å². The summed E-state index contributed by atoms with van der Waals surface area (Å²) in [5, 5.41) is 3.56. The van der Waals surface area contributed by atoms with Gasteiger partial charge in [-0.25, -0.2) is 9.37 Å². The lowest BCUT2D eigenvalue weighted by atomic mass is 10.1. The molecule has 0 unspecified atom stereocenters. The minimum Gasteiger partial charge on any atom is -0.497 e. The Morgan fingerprint density at radius 1 is 1.20 bits per heavy atom. The van der Waals surface area contributed by atoms with E-state index in [0.29, 0.717) is 15.4 Å². The summed E-state index contributed by atoms with van der Waals surface area (Å²) < 4.78 is 18.8. The SMILES string of the molecule is COc1cccc(-c2ccc3c(N)c(C(=O)NCc4cc(F)ccc4C)sc3n2)c1. The van der Waals surface area contributed by atoms with E-state index in [1.54, 1.807) is 13.2 Å². The molecule has 5 nitrogen and oxygen atoms in total. The lowest BCUT2D eigenvalue weighted by molar-refractivity contribution is 0.0955. The first-order valence-corrected chi connectivity index (χ1v) is 10.1. The van der Waals surface area contributed by atoms with Crippen LogP contribution in [-0.2, 0) is 6.54 Å². The second-order valence-electron chi connectivity index (χ2n) is 6.88. The molecule has 0 aliphatic heterocycles. The van der Waals surface area contributed by atoms with Crippen molar-refractivity contribution in [2.24, 2.45) is 0 Å². The van der Waals surface area contributed by atoms with Crippen molar-refractivity contribution >= 4 is 33.1 Å². The number of thiophene rings is 1. The van der Waals surface area contributed by atoms with Crippen molar-refractivity contribution in [1.29, 1.82) is 0 Å². The molecule has 2 heterocycles. The number of nitrogens with one attached hydrogen (secondary N) is 1. The van der Waals surface area contributed by atoms with Crippen molar-refractivity contribution in [3.63, 3.8) is 0 Å². The molecule has 2 aromatic carbocycles. The van der Waals surface area contributed by atoms with Crippen LogP contribution in [0.15, 0.2) is 54.6 Å². The number of aryl methyl sites for hydroxylation is 1. The number of anilines is 1. The lowest BCUT2D eigenvalue weighted by Gasteiger charge is -2.07. The third kappa shape index (κ3) is 3.84. The van der Waals surface area contributed by atoms with Crippen LogP contribution in [0.3, 0.4) is 0 Å². The van der Waals surface area contributed by atoms with Crippen LogP contribution in [0.1, 0.15) is 20.8 Å². The number of methoxy groups -OCH3 is 1.